The van der Waals surface area contributed by atoms with Gasteiger partial charge < -0.3 is 5.11 Å². The third-order valence-corrected chi connectivity index (χ3v) is 4.28. The zero-order chi connectivity index (χ0) is 20.0. The van der Waals surface area contributed by atoms with Crippen LogP contribution in [0.25, 0.3) is 11.2 Å². The number of nitrogens with one attached hydrogen (secondary N) is 1. The average Bonchev–Trinajstić information content (AvgIpc) is 2.81. The van der Waals surface area contributed by atoms with Crippen LogP contribution in [0.4, 0.5) is 32.3 Å². The number of nitrogens with zero attached hydrogens (tertiary/aromatic N) is 3. The molecule has 3 rings (SSSR count). The van der Waals surface area contributed by atoms with Crippen molar-refractivity contribution < 1.29 is 36.2 Å². The predicted octanol–water partition coefficient (Wildman–Crippen LogP) is 3.43. The Labute approximate surface area is 148 Å². The van der Waals surface area contributed by atoms with E-state index in [0.717, 1.165) is 18.6 Å². The lowest BCUT2D eigenvalue weighted by Gasteiger charge is -2.28. The summed E-state index contributed by atoms with van der Waals surface area (Å²) in [4.78, 5) is 19.4. The van der Waals surface area contributed by atoms with E-state index < -0.39 is 36.5 Å². The molecular formula is C15H14F6N4O2. The molecule has 0 radical (unpaired) electrons. The van der Waals surface area contributed by atoms with Crippen molar-refractivity contribution in [1.82, 2.24) is 14.5 Å². The number of halogens is 6. The number of carbonyl (C=O) groups is 1. The summed E-state index contributed by atoms with van der Waals surface area (Å²) in [5, 5.41) is 11.1. The number of imidazole rings is 1. The quantitative estimate of drug-likeness (QED) is 0.777. The molecule has 1 amide bonds. The highest BCUT2D eigenvalue weighted by molar-refractivity contribution is 5.91. The van der Waals surface area contributed by atoms with Crippen LogP contribution in [-0.2, 0) is 11.0 Å². The van der Waals surface area contributed by atoms with Crippen LogP contribution in [-0.4, -0.2) is 37.8 Å². The molecule has 1 saturated carbocycles. The van der Waals surface area contributed by atoms with Gasteiger partial charge >= 0.3 is 12.4 Å². The van der Waals surface area contributed by atoms with E-state index in [-0.39, 0.29) is 23.2 Å². The normalized spacial score (nSPS) is 17.0. The largest absolute Gasteiger partial charge is 0.433 e. The fourth-order valence-electron chi connectivity index (χ4n) is 2.68. The summed E-state index contributed by atoms with van der Waals surface area (Å²) in [5.41, 5.74) is -1.18. The fraction of sp³-hybridized carbons (Fsp3) is 0.533. The lowest BCUT2D eigenvalue weighted by Crippen LogP contribution is -2.33. The van der Waals surface area contributed by atoms with Crippen molar-refractivity contribution in [2.45, 2.75) is 50.2 Å². The second kappa shape index (κ2) is 6.66. The van der Waals surface area contributed by atoms with Gasteiger partial charge in [-0.1, -0.05) is 0 Å². The van der Waals surface area contributed by atoms with Crippen LogP contribution in [0.2, 0.25) is 0 Å². The number of aliphatic hydroxyl groups excluding tert-OH is 1. The molecule has 0 spiro atoms. The van der Waals surface area contributed by atoms with Gasteiger partial charge in [0.05, 0.1) is 6.42 Å². The molecule has 2 aromatic heterocycles. The molecule has 148 valence electrons. The number of alkyl halides is 6. The Kier molecular flexibility index (Phi) is 4.78. The number of rotatable bonds is 4. The van der Waals surface area contributed by atoms with Crippen molar-refractivity contribution in [3.8, 4) is 0 Å². The molecule has 2 heterocycles. The zero-order valence-corrected chi connectivity index (χ0v) is 13.6. The average molecular weight is 396 g/mol. The number of anilines is 1. The SMILES string of the molecule is O=C(C[C@@H](O)C(F)(F)F)Nc1nc2ccc(C(F)(F)F)nc2n1C1CCC1. The van der Waals surface area contributed by atoms with Crippen LogP contribution in [0.5, 0.6) is 0 Å². The van der Waals surface area contributed by atoms with Crippen molar-refractivity contribution in [3.05, 3.63) is 17.8 Å². The Morgan fingerprint density at radius 3 is 2.41 bits per heavy atom. The van der Waals surface area contributed by atoms with E-state index in [0.29, 0.717) is 12.8 Å². The number of amides is 1. The van der Waals surface area contributed by atoms with Crippen LogP contribution in [0.15, 0.2) is 12.1 Å². The van der Waals surface area contributed by atoms with E-state index in [9.17, 15) is 31.1 Å². The van der Waals surface area contributed by atoms with Gasteiger partial charge in [-0.2, -0.15) is 26.3 Å². The van der Waals surface area contributed by atoms with Gasteiger partial charge in [0.25, 0.3) is 0 Å². The maximum atomic E-state index is 12.9. The van der Waals surface area contributed by atoms with Gasteiger partial charge in [-0.25, -0.2) is 9.97 Å². The van der Waals surface area contributed by atoms with Gasteiger partial charge in [0.2, 0.25) is 11.9 Å². The number of hydrogen-bond acceptors (Lipinski definition) is 4. The molecule has 0 saturated heterocycles. The topological polar surface area (TPSA) is 80.0 Å². The molecule has 0 aliphatic heterocycles. The highest BCUT2D eigenvalue weighted by Crippen LogP contribution is 2.38. The molecule has 6 nitrogen and oxygen atoms in total. The van der Waals surface area contributed by atoms with E-state index in [1.54, 1.807) is 0 Å². The Balaban J connectivity index is 1.94. The molecular weight excluding hydrogens is 382 g/mol. The lowest BCUT2D eigenvalue weighted by atomic mass is 9.93. The summed E-state index contributed by atoms with van der Waals surface area (Å²) < 4.78 is 77.2. The molecule has 0 aromatic carbocycles. The third kappa shape index (κ3) is 3.99. The van der Waals surface area contributed by atoms with Gasteiger partial charge in [-0.05, 0) is 31.4 Å². The van der Waals surface area contributed by atoms with Crippen LogP contribution in [0, 0.1) is 0 Å². The smallest absolute Gasteiger partial charge is 0.383 e. The Hall–Kier alpha value is -2.37. The zero-order valence-electron chi connectivity index (χ0n) is 13.6. The fourth-order valence-corrected chi connectivity index (χ4v) is 2.68. The predicted molar refractivity (Wildman–Crippen MR) is 80.7 cm³/mol. The van der Waals surface area contributed by atoms with Gasteiger partial charge in [0, 0.05) is 6.04 Å². The van der Waals surface area contributed by atoms with Crippen LogP contribution in [0.3, 0.4) is 0 Å². The van der Waals surface area contributed by atoms with E-state index in [2.05, 4.69) is 15.3 Å². The molecule has 1 fully saturated rings. The Morgan fingerprint density at radius 2 is 1.89 bits per heavy atom. The maximum absolute atomic E-state index is 12.9. The van der Waals surface area contributed by atoms with Crippen LogP contribution >= 0.6 is 0 Å². The van der Waals surface area contributed by atoms with Crippen molar-refractivity contribution >= 4 is 23.0 Å². The summed E-state index contributed by atoms with van der Waals surface area (Å²) in [7, 11) is 0. The number of aromatic nitrogens is 3. The number of aliphatic hydroxyl groups is 1. The van der Waals surface area contributed by atoms with Crippen molar-refractivity contribution in [2.24, 2.45) is 0 Å². The standard InChI is InChI=1S/C15H14F6N4O2/c16-14(17,18)9-5-4-8-12(23-9)25(7-2-1-3-7)13(22-8)24-11(27)6-10(26)15(19,20)21/h4-5,7,10,26H,1-3,6H2,(H,22,24,27)/t10-/m1/s1. The summed E-state index contributed by atoms with van der Waals surface area (Å²) in [6, 6.07) is 1.55. The summed E-state index contributed by atoms with van der Waals surface area (Å²) in [5.74, 6) is -1.35. The second-order valence-corrected chi connectivity index (χ2v) is 6.24. The minimum atomic E-state index is -4.96. The Bertz CT molecular complexity index is 856. The van der Waals surface area contributed by atoms with Gasteiger partial charge in [0.15, 0.2) is 11.8 Å². The van der Waals surface area contributed by atoms with Gasteiger partial charge in [-0.15, -0.1) is 0 Å². The van der Waals surface area contributed by atoms with E-state index in [1.165, 1.54) is 4.57 Å². The van der Waals surface area contributed by atoms with Gasteiger partial charge in [0.1, 0.15) is 11.2 Å². The van der Waals surface area contributed by atoms with Crippen LogP contribution in [0.1, 0.15) is 37.4 Å². The number of pyridine rings is 1. The first-order valence-electron chi connectivity index (χ1n) is 7.97. The molecule has 27 heavy (non-hydrogen) atoms. The Morgan fingerprint density at radius 1 is 1.22 bits per heavy atom. The lowest BCUT2D eigenvalue weighted by molar-refractivity contribution is -0.205. The van der Waals surface area contributed by atoms with Crippen molar-refractivity contribution in [2.75, 3.05) is 5.32 Å². The first-order chi connectivity index (χ1) is 12.5. The number of hydrogen-bond donors (Lipinski definition) is 2. The monoisotopic (exact) mass is 396 g/mol. The number of fused-ring (bicyclic) bond motifs is 1. The number of carbonyl (C=O) groups excluding carboxylic acids is 1. The second-order valence-electron chi connectivity index (χ2n) is 6.24. The molecule has 1 aliphatic rings. The minimum Gasteiger partial charge on any atom is -0.383 e. The van der Waals surface area contributed by atoms with E-state index >= 15 is 0 Å². The van der Waals surface area contributed by atoms with Gasteiger partial charge in [-0.3, -0.25) is 14.7 Å². The summed E-state index contributed by atoms with van der Waals surface area (Å²) in [6.45, 7) is 0. The van der Waals surface area contributed by atoms with E-state index in [4.69, 9.17) is 5.11 Å². The molecule has 12 heteroatoms. The highest BCUT2D eigenvalue weighted by Gasteiger charge is 2.40. The van der Waals surface area contributed by atoms with E-state index in [1.807, 2.05) is 0 Å². The van der Waals surface area contributed by atoms with Crippen molar-refractivity contribution in [1.29, 1.82) is 0 Å². The maximum Gasteiger partial charge on any atom is 0.433 e. The molecule has 2 N–H and O–H groups in total. The summed E-state index contributed by atoms with van der Waals surface area (Å²) in [6.07, 6.45) is -11.7. The molecule has 1 atom stereocenters. The summed E-state index contributed by atoms with van der Waals surface area (Å²) >= 11 is 0. The first kappa shape index (κ1) is 19.4. The molecule has 2 aromatic rings. The van der Waals surface area contributed by atoms with Crippen molar-refractivity contribution in [3.63, 3.8) is 0 Å². The third-order valence-electron chi connectivity index (χ3n) is 4.28. The highest BCUT2D eigenvalue weighted by atomic mass is 19.4. The molecule has 1 aliphatic carbocycles. The molecule has 0 unspecified atom stereocenters. The minimum absolute atomic E-state index is 0.0709. The first-order valence-corrected chi connectivity index (χ1v) is 7.97. The molecule has 0 bridgehead atoms. The van der Waals surface area contributed by atoms with Crippen LogP contribution < -0.4 is 5.32 Å².